The maximum absolute atomic E-state index is 12.4. The first kappa shape index (κ1) is 13.1. The molecule has 0 aliphatic carbocycles. The van der Waals surface area contributed by atoms with Crippen molar-refractivity contribution in [2.45, 2.75) is 19.4 Å². The highest BCUT2D eigenvalue weighted by molar-refractivity contribution is 5.85. The number of carbonyl (C=O) groups is 1. The van der Waals surface area contributed by atoms with Gasteiger partial charge in [0.25, 0.3) is 0 Å². The SMILES string of the molecule is C[C@@H]1CNCCN1C(=O)Cc1ccc2ccccc2c1. The van der Waals surface area contributed by atoms with Crippen molar-refractivity contribution in [2.24, 2.45) is 0 Å². The van der Waals surface area contributed by atoms with Crippen LogP contribution in [0.4, 0.5) is 0 Å². The van der Waals surface area contributed by atoms with Crippen molar-refractivity contribution in [3.63, 3.8) is 0 Å². The van der Waals surface area contributed by atoms with Gasteiger partial charge in [-0.05, 0) is 23.3 Å². The smallest absolute Gasteiger partial charge is 0.227 e. The van der Waals surface area contributed by atoms with E-state index in [1.807, 2.05) is 17.0 Å². The second-order valence-corrected chi connectivity index (χ2v) is 5.50. The highest BCUT2D eigenvalue weighted by atomic mass is 16.2. The van der Waals surface area contributed by atoms with E-state index in [1.165, 1.54) is 10.8 Å². The zero-order valence-corrected chi connectivity index (χ0v) is 11.8. The lowest BCUT2D eigenvalue weighted by molar-refractivity contribution is -0.133. The monoisotopic (exact) mass is 268 g/mol. The van der Waals surface area contributed by atoms with Gasteiger partial charge >= 0.3 is 0 Å². The molecular formula is C17H20N2O. The minimum absolute atomic E-state index is 0.231. The van der Waals surface area contributed by atoms with Crippen molar-refractivity contribution in [3.05, 3.63) is 48.0 Å². The lowest BCUT2D eigenvalue weighted by atomic mass is 10.0. The molecule has 0 bridgehead atoms. The lowest BCUT2D eigenvalue weighted by Crippen LogP contribution is -2.52. The predicted octanol–water partition coefficient (Wildman–Crippen LogP) is 2.20. The number of hydrogen-bond donors (Lipinski definition) is 1. The Balaban J connectivity index is 1.76. The Hall–Kier alpha value is -1.87. The molecule has 3 nitrogen and oxygen atoms in total. The van der Waals surface area contributed by atoms with Crippen LogP contribution in [0.2, 0.25) is 0 Å². The number of fused-ring (bicyclic) bond motifs is 1. The van der Waals surface area contributed by atoms with Crippen LogP contribution in [0.3, 0.4) is 0 Å². The molecule has 1 heterocycles. The molecule has 1 amide bonds. The van der Waals surface area contributed by atoms with Gasteiger partial charge in [0.15, 0.2) is 0 Å². The van der Waals surface area contributed by atoms with Crippen molar-refractivity contribution in [2.75, 3.05) is 19.6 Å². The number of hydrogen-bond acceptors (Lipinski definition) is 2. The molecule has 1 atom stereocenters. The summed E-state index contributed by atoms with van der Waals surface area (Å²) in [5, 5.41) is 5.74. The molecule has 0 radical (unpaired) electrons. The zero-order chi connectivity index (χ0) is 13.9. The number of carbonyl (C=O) groups excluding carboxylic acids is 1. The van der Waals surface area contributed by atoms with Crippen LogP contribution in [0, 0.1) is 0 Å². The van der Waals surface area contributed by atoms with Crippen molar-refractivity contribution in [1.29, 1.82) is 0 Å². The first-order chi connectivity index (χ1) is 9.74. The van der Waals surface area contributed by atoms with E-state index in [9.17, 15) is 4.79 Å². The predicted molar refractivity (Wildman–Crippen MR) is 81.7 cm³/mol. The maximum atomic E-state index is 12.4. The van der Waals surface area contributed by atoms with Gasteiger partial charge in [0, 0.05) is 25.7 Å². The van der Waals surface area contributed by atoms with Crippen LogP contribution in [0.1, 0.15) is 12.5 Å². The second-order valence-electron chi connectivity index (χ2n) is 5.50. The zero-order valence-electron chi connectivity index (χ0n) is 11.8. The quantitative estimate of drug-likeness (QED) is 0.905. The van der Waals surface area contributed by atoms with Crippen LogP contribution in [0.15, 0.2) is 42.5 Å². The third-order valence-corrected chi connectivity index (χ3v) is 3.99. The standard InChI is InChI=1S/C17H20N2O/c1-13-12-18-8-9-19(13)17(20)11-14-6-7-15-4-2-3-5-16(15)10-14/h2-7,10,13,18H,8-9,11-12H2,1H3/t13-/m1/s1. The molecular weight excluding hydrogens is 248 g/mol. The second kappa shape index (κ2) is 5.63. The number of benzene rings is 2. The Morgan fingerprint density at radius 2 is 2.05 bits per heavy atom. The van der Waals surface area contributed by atoms with Crippen LogP contribution in [0.5, 0.6) is 0 Å². The highest BCUT2D eigenvalue weighted by Gasteiger charge is 2.22. The average molecular weight is 268 g/mol. The fourth-order valence-corrected chi connectivity index (χ4v) is 2.84. The lowest BCUT2D eigenvalue weighted by Gasteiger charge is -2.34. The molecule has 2 aromatic rings. The van der Waals surface area contributed by atoms with E-state index < -0.39 is 0 Å². The summed E-state index contributed by atoms with van der Waals surface area (Å²) in [5.41, 5.74) is 1.10. The number of nitrogens with zero attached hydrogens (tertiary/aromatic N) is 1. The molecule has 1 aliphatic heterocycles. The van der Waals surface area contributed by atoms with Gasteiger partial charge < -0.3 is 10.2 Å². The summed E-state index contributed by atoms with van der Waals surface area (Å²) in [5.74, 6) is 0.231. The average Bonchev–Trinajstić information content (AvgIpc) is 2.47. The molecule has 0 saturated carbocycles. The summed E-state index contributed by atoms with van der Waals surface area (Å²) in [6, 6.07) is 14.8. The Morgan fingerprint density at radius 1 is 1.25 bits per heavy atom. The number of piperazine rings is 1. The molecule has 20 heavy (non-hydrogen) atoms. The molecule has 104 valence electrons. The summed E-state index contributed by atoms with van der Waals surface area (Å²) < 4.78 is 0. The van der Waals surface area contributed by atoms with E-state index in [1.54, 1.807) is 0 Å². The number of amides is 1. The summed E-state index contributed by atoms with van der Waals surface area (Å²) in [7, 11) is 0. The van der Waals surface area contributed by atoms with E-state index in [0.717, 1.165) is 25.2 Å². The topological polar surface area (TPSA) is 32.3 Å². The van der Waals surface area contributed by atoms with Gasteiger partial charge in [0.05, 0.1) is 6.42 Å². The normalized spacial score (nSPS) is 19.2. The Kier molecular flexibility index (Phi) is 3.70. The van der Waals surface area contributed by atoms with Crippen LogP contribution >= 0.6 is 0 Å². The third-order valence-electron chi connectivity index (χ3n) is 3.99. The van der Waals surface area contributed by atoms with Gasteiger partial charge in [-0.2, -0.15) is 0 Å². The minimum atomic E-state index is 0.231. The third kappa shape index (κ3) is 2.68. The summed E-state index contributed by atoms with van der Waals surface area (Å²) in [4.78, 5) is 14.4. The van der Waals surface area contributed by atoms with E-state index in [2.05, 4.69) is 42.6 Å². The van der Waals surface area contributed by atoms with Crippen LogP contribution in [-0.2, 0) is 11.2 Å². The van der Waals surface area contributed by atoms with Gasteiger partial charge in [-0.3, -0.25) is 4.79 Å². The molecule has 1 saturated heterocycles. The summed E-state index contributed by atoms with van der Waals surface area (Å²) >= 11 is 0. The Morgan fingerprint density at radius 3 is 2.85 bits per heavy atom. The van der Waals surface area contributed by atoms with Gasteiger partial charge in [0.1, 0.15) is 0 Å². The number of nitrogens with one attached hydrogen (secondary N) is 1. The molecule has 3 rings (SSSR count). The molecule has 2 aromatic carbocycles. The van der Waals surface area contributed by atoms with E-state index in [0.29, 0.717) is 6.42 Å². The molecule has 3 heteroatoms. The van der Waals surface area contributed by atoms with Crippen molar-refractivity contribution in [3.8, 4) is 0 Å². The van der Waals surface area contributed by atoms with Gasteiger partial charge in [-0.25, -0.2) is 0 Å². The largest absolute Gasteiger partial charge is 0.337 e. The summed E-state index contributed by atoms with van der Waals surface area (Å²) in [6.45, 7) is 4.70. The fraction of sp³-hybridized carbons (Fsp3) is 0.353. The molecule has 1 N–H and O–H groups in total. The van der Waals surface area contributed by atoms with E-state index in [4.69, 9.17) is 0 Å². The minimum Gasteiger partial charge on any atom is -0.337 e. The molecule has 1 fully saturated rings. The summed E-state index contributed by atoms with van der Waals surface area (Å²) in [6.07, 6.45) is 0.495. The first-order valence-corrected chi connectivity index (χ1v) is 7.22. The van der Waals surface area contributed by atoms with Crippen LogP contribution < -0.4 is 5.32 Å². The van der Waals surface area contributed by atoms with Crippen LogP contribution in [-0.4, -0.2) is 36.5 Å². The van der Waals surface area contributed by atoms with Crippen LogP contribution in [0.25, 0.3) is 10.8 Å². The molecule has 0 aromatic heterocycles. The van der Waals surface area contributed by atoms with Gasteiger partial charge in [0.2, 0.25) is 5.91 Å². The van der Waals surface area contributed by atoms with E-state index >= 15 is 0 Å². The number of rotatable bonds is 2. The molecule has 1 aliphatic rings. The fourth-order valence-electron chi connectivity index (χ4n) is 2.84. The first-order valence-electron chi connectivity index (χ1n) is 7.22. The van der Waals surface area contributed by atoms with Gasteiger partial charge in [-0.1, -0.05) is 42.5 Å². The van der Waals surface area contributed by atoms with Crippen molar-refractivity contribution >= 4 is 16.7 Å². The Bertz CT molecular complexity index is 623. The van der Waals surface area contributed by atoms with Crippen molar-refractivity contribution < 1.29 is 4.79 Å². The molecule has 0 unspecified atom stereocenters. The highest BCUT2D eigenvalue weighted by Crippen LogP contribution is 2.17. The van der Waals surface area contributed by atoms with Crippen molar-refractivity contribution in [1.82, 2.24) is 10.2 Å². The Labute approximate surface area is 119 Å². The van der Waals surface area contributed by atoms with E-state index in [-0.39, 0.29) is 11.9 Å². The molecule has 0 spiro atoms. The maximum Gasteiger partial charge on any atom is 0.227 e. The van der Waals surface area contributed by atoms with Gasteiger partial charge in [-0.15, -0.1) is 0 Å².